The van der Waals surface area contributed by atoms with Crippen LogP contribution in [0.2, 0.25) is 0 Å². The van der Waals surface area contributed by atoms with Crippen LogP contribution < -0.4 is 0 Å². The number of carboxylic acids is 1. The molecule has 0 saturated carbocycles. The van der Waals surface area contributed by atoms with Crippen molar-refractivity contribution in [3.63, 3.8) is 0 Å². The van der Waals surface area contributed by atoms with Gasteiger partial charge in [-0.1, -0.05) is 0 Å². The van der Waals surface area contributed by atoms with E-state index < -0.39 is 10.9 Å². The molecular weight excluding hydrogens is 266 g/mol. The van der Waals surface area contributed by atoms with E-state index in [0.29, 0.717) is 10.0 Å². The van der Waals surface area contributed by atoms with Crippen LogP contribution in [0.4, 0.5) is 5.69 Å². The number of halogens is 1. The van der Waals surface area contributed by atoms with Crippen molar-refractivity contribution in [3.8, 4) is 0 Å². The van der Waals surface area contributed by atoms with Crippen molar-refractivity contribution in [2.24, 2.45) is 0 Å². The summed E-state index contributed by atoms with van der Waals surface area (Å²) in [6.45, 7) is 0. The zero-order chi connectivity index (χ0) is 11.4. The fourth-order valence-corrected chi connectivity index (χ4v) is 1.39. The molecule has 0 spiro atoms. The summed E-state index contributed by atoms with van der Waals surface area (Å²) in [5.41, 5.74) is 0.539. The van der Waals surface area contributed by atoms with Crippen molar-refractivity contribution in [2.45, 2.75) is 0 Å². The lowest BCUT2D eigenvalue weighted by Gasteiger charge is -1.97. The van der Waals surface area contributed by atoms with Gasteiger partial charge in [-0.25, -0.2) is 4.79 Å². The van der Waals surface area contributed by atoms with Crippen LogP contribution in [-0.2, 0) is 4.79 Å². The van der Waals surface area contributed by atoms with Gasteiger partial charge in [0.15, 0.2) is 0 Å². The van der Waals surface area contributed by atoms with Crippen LogP contribution in [-0.4, -0.2) is 16.0 Å². The second kappa shape index (κ2) is 4.70. The molecule has 1 aromatic rings. The number of nitrogens with zero attached hydrogens (tertiary/aromatic N) is 1. The summed E-state index contributed by atoms with van der Waals surface area (Å²) in [7, 11) is 0. The summed E-state index contributed by atoms with van der Waals surface area (Å²) in [5.74, 6) is -1.08. The van der Waals surface area contributed by atoms with Gasteiger partial charge in [0.2, 0.25) is 0 Å². The minimum absolute atomic E-state index is 0.0330. The van der Waals surface area contributed by atoms with Gasteiger partial charge in [0.1, 0.15) is 0 Å². The first-order chi connectivity index (χ1) is 7.00. The quantitative estimate of drug-likeness (QED) is 0.520. The third-order valence-electron chi connectivity index (χ3n) is 1.60. The van der Waals surface area contributed by atoms with E-state index in [2.05, 4.69) is 15.9 Å². The summed E-state index contributed by atoms with van der Waals surface area (Å²) in [6, 6.07) is 5.57. The standard InChI is InChI=1S/C9H6BrNO4/c10-8(5-9(12)13)6-1-3-7(4-2-6)11(14)15/h1-5H,(H,12,13)/b8-5-. The zero-order valence-electron chi connectivity index (χ0n) is 7.38. The van der Waals surface area contributed by atoms with E-state index in [1.165, 1.54) is 24.3 Å². The molecule has 15 heavy (non-hydrogen) atoms. The first-order valence-electron chi connectivity index (χ1n) is 3.85. The Labute approximate surface area is 93.3 Å². The molecule has 0 aliphatic heterocycles. The normalized spacial score (nSPS) is 11.1. The average molecular weight is 272 g/mol. The molecule has 0 radical (unpaired) electrons. The Bertz CT molecular complexity index is 424. The molecule has 1 aromatic carbocycles. The average Bonchev–Trinajstić information content (AvgIpc) is 2.17. The lowest BCUT2D eigenvalue weighted by Crippen LogP contribution is -1.90. The minimum Gasteiger partial charge on any atom is -0.478 e. The maximum atomic E-state index is 10.3. The van der Waals surface area contributed by atoms with E-state index in [9.17, 15) is 14.9 Å². The van der Waals surface area contributed by atoms with E-state index in [0.717, 1.165) is 6.08 Å². The zero-order valence-corrected chi connectivity index (χ0v) is 8.97. The number of non-ortho nitro benzene ring substituents is 1. The molecular formula is C9H6BrNO4. The molecule has 1 N–H and O–H groups in total. The van der Waals surface area contributed by atoms with E-state index in [1.54, 1.807) is 0 Å². The minimum atomic E-state index is -1.08. The second-order valence-corrected chi connectivity index (χ2v) is 3.49. The molecule has 0 aliphatic carbocycles. The van der Waals surface area contributed by atoms with Gasteiger partial charge >= 0.3 is 5.97 Å². The molecule has 0 fully saturated rings. The molecule has 0 aliphatic rings. The molecule has 0 heterocycles. The third-order valence-corrected chi connectivity index (χ3v) is 2.29. The van der Waals surface area contributed by atoms with E-state index in [4.69, 9.17) is 5.11 Å². The highest BCUT2D eigenvalue weighted by molar-refractivity contribution is 9.15. The number of rotatable bonds is 3. The highest BCUT2D eigenvalue weighted by Crippen LogP contribution is 2.23. The molecule has 5 nitrogen and oxygen atoms in total. The van der Waals surface area contributed by atoms with Gasteiger partial charge in [0, 0.05) is 22.7 Å². The number of benzene rings is 1. The lowest BCUT2D eigenvalue weighted by atomic mass is 10.2. The SMILES string of the molecule is O=C(O)/C=C(\Br)c1ccc([N+](=O)[O-])cc1. The van der Waals surface area contributed by atoms with E-state index in [-0.39, 0.29) is 5.69 Å². The molecule has 0 saturated heterocycles. The monoisotopic (exact) mass is 271 g/mol. The molecule has 0 atom stereocenters. The van der Waals surface area contributed by atoms with Crippen LogP contribution in [0, 0.1) is 10.1 Å². The molecule has 0 amide bonds. The molecule has 1 rings (SSSR count). The molecule has 0 unspecified atom stereocenters. The summed E-state index contributed by atoms with van der Waals surface area (Å²) in [6.07, 6.45) is 0.973. The van der Waals surface area contributed by atoms with Crippen molar-refractivity contribution in [3.05, 3.63) is 46.0 Å². The van der Waals surface area contributed by atoms with Crippen LogP contribution in [0.1, 0.15) is 5.56 Å². The highest BCUT2D eigenvalue weighted by atomic mass is 79.9. The van der Waals surface area contributed by atoms with Gasteiger partial charge in [0.25, 0.3) is 5.69 Å². The Morgan fingerprint density at radius 3 is 2.33 bits per heavy atom. The fourth-order valence-electron chi connectivity index (χ4n) is 0.934. The Morgan fingerprint density at radius 2 is 1.93 bits per heavy atom. The first kappa shape index (κ1) is 11.4. The van der Waals surface area contributed by atoms with Crippen LogP contribution >= 0.6 is 15.9 Å². The van der Waals surface area contributed by atoms with Crippen LogP contribution in [0.3, 0.4) is 0 Å². The summed E-state index contributed by atoms with van der Waals surface area (Å²) in [5, 5.41) is 18.8. The first-order valence-corrected chi connectivity index (χ1v) is 4.65. The maximum absolute atomic E-state index is 10.3. The van der Waals surface area contributed by atoms with Gasteiger partial charge in [-0.2, -0.15) is 0 Å². The Kier molecular flexibility index (Phi) is 3.56. The van der Waals surface area contributed by atoms with Gasteiger partial charge in [-0.3, -0.25) is 10.1 Å². The predicted molar refractivity (Wildman–Crippen MR) is 57.6 cm³/mol. The fraction of sp³-hybridized carbons (Fsp3) is 0. The van der Waals surface area contributed by atoms with Crippen molar-refractivity contribution in [1.29, 1.82) is 0 Å². The van der Waals surface area contributed by atoms with E-state index >= 15 is 0 Å². The molecule has 0 bridgehead atoms. The van der Waals surface area contributed by atoms with Gasteiger partial charge in [-0.15, -0.1) is 0 Å². The Morgan fingerprint density at radius 1 is 1.40 bits per heavy atom. The highest BCUT2D eigenvalue weighted by Gasteiger charge is 2.05. The number of carbonyl (C=O) groups is 1. The predicted octanol–water partition coefficient (Wildman–Crippen LogP) is 2.42. The largest absolute Gasteiger partial charge is 0.478 e. The molecule has 0 aromatic heterocycles. The number of nitro groups is 1. The van der Waals surface area contributed by atoms with Crippen molar-refractivity contribution in [2.75, 3.05) is 0 Å². The van der Waals surface area contributed by atoms with Crippen molar-refractivity contribution in [1.82, 2.24) is 0 Å². The number of aliphatic carboxylic acids is 1. The summed E-state index contributed by atoms with van der Waals surface area (Å²) in [4.78, 5) is 20.2. The summed E-state index contributed by atoms with van der Waals surface area (Å²) >= 11 is 3.06. The molecule has 78 valence electrons. The lowest BCUT2D eigenvalue weighted by molar-refractivity contribution is -0.384. The number of carboxylic acid groups (broad SMARTS) is 1. The third kappa shape index (κ3) is 3.17. The van der Waals surface area contributed by atoms with Gasteiger partial charge in [0.05, 0.1) is 4.92 Å². The Hall–Kier alpha value is -1.69. The number of hydrogen-bond donors (Lipinski definition) is 1. The van der Waals surface area contributed by atoms with Gasteiger partial charge in [-0.05, 0) is 33.6 Å². The van der Waals surface area contributed by atoms with Crippen LogP contribution in [0.5, 0.6) is 0 Å². The molecule has 6 heteroatoms. The van der Waals surface area contributed by atoms with E-state index in [1.807, 2.05) is 0 Å². The Balaban J connectivity index is 2.99. The summed E-state index contributed by atoms with van der Waals surface area (Å²) < 4.78 is 0.366. The number of nitro benzene ring substituents is 1. The second-order valence-electron chi connectivity index (χ2n) is 2.63. The van der Waals surface area contributed by atoms with Crippen molar-refractivity contribution < 1.29 is 14.8 Å². The topological polar surface area (TPSA) is 80.4 Å². The maximum Gasteiger partial charge on any atom is 0.329 e. The van der Waals surface area contributed by atoms with Crippen LogP contribution in [0.25, 0.3) is 4.48 Å². The van der Waals surface area contributed by atoms with Crippen molar-refractivity contribution >= 4 is 32.1 Å². The van der Waals surface area contributed by atoms with Crippen LogP contribution in [0.15, 0.2) is 30.3 Å². The van der Waals surface area contributed by atoms with Gasteiger partial charge < -0.3 is 5.11 Å². The smallest absolute Gasteiger partial charge is 0.329 e. The number of hydrogen-bond acceptors (Lipinski definition) is 3.